The van der Waals surface area contributed by atoms with Gasteiger partial charge in [0.25, 0.3) is 0 Å². The van der Waals surface area contributed by atoms with E-state index in [0.29, 0.717) is 12.4 Å². The van der Waals surface area contributed by atoms with Crippen molar-refractivity contribution in [2.45, 2.75) is 13.5 Å². The van der Waals surface area contributed by atoms with Crippen LogP contribution in [0.5, 0.6) is 5.88 Å². The molecule has 0 saturated carbocycles. The lowest BCUT2D eigenvalue weighted by atomic mass is 10.2. The highest BCUT2D eigenvalue weighted by Crippen LogP contribution is 2.26. The molecule has 3 rings (SSSR count). The number of rotatable bonds is 6. The molecule has 0 unspecified atom stereocenters. The molecule has 1 aliphatic rings. The average molecular weight is 369 g/mol. The van der Waals surface area contributed by atoms with Crippen molar-refractivity contribution in [3.05, 3.63) is 48.2 Å². The molecule has 27 heavy (non-hydrogen) atoms. The van der Waals surface area contributed by atoms with Gasteiger partial charge in [-0.1, -0.05) is 25.1 Å². The number of pyridine rings is 1. The average Bonchev–Trinajstić information content (AvgIpc) is 2.73. The number of urea groups is 1. The molecule has 1 aromatic heterocycles. The molecule has 1 fully saturated rings. The number of amides is 2. The topological polar surface area (TPSA) is 69.7 Å². The summed E-state index contributed by atoms with van der Waals surface area (Å²) in [7, 11) is 1.57. The van der Waals surface area contributed by atoms with Crippen LogP contribution in [-0.2, 0) is 6.54 Å². The van der Waals surface area contributed by atoms with E-state index >= 15 is 0 Å². The largest absolute Gasteiger partial charge is 0.481 e. The molecule has 7 heteroatoms. The number of methoxy groups -OCH3 is 1. The molecule has 144 valence electrons. The summed E-state index contributed by atoms with van der Waals surface area (Å²) in [5.74, 6) is 0.520. The second kappa shape index (κ2) is 9.23. The normalized spacial score (nSPS) is 14.7. The van der Waals surface area contributed by atoms with E-state index in [1.165, 1.54) is 0 Å². The third-order valence-corrected chi connectivity index (χ3v) is 4.80. The molecule has 7 nitrogen and oxygen atoms in total. The van der Waals surface area contributed by atoms with Crippen LogP contribution < -0.4 is 20.3 Å². The van der Waals surface area contributed by atoms with Gasteiger partial charge in [-0.05, 0) is 24.7 Å². The molecule has 2 amide bonds. The van der Waals surface area contributed by atoms with Gasteiger partial charge in [-0.2, -0.15) is 0 Å². The summed E-state index contributed by atoms with van der Waals surface area (Å²) in [6, 6.07) is 11.4. The van der Waals surface area contributed by atoms with Crippen molar-refractivity contribution in [1.29, 1.82) is 0 Å². The van der Waals surface area contributed by atoms with Gasteiger partial charge >= 0.3 is 6.03 Å². The van der Waals surface area contributed by atoms with Crippen molar-refractivity contribution < 1.29 is 9.53 Å². The Labute approximate surface area is 160 Å². The van der Waals surface area contributed by atoms with Crippen molar-refractivity contribution in [3.8, 4) is 5.88 Å². The van der Waals surface area contributed by atoms with E-state index in [9.17, 15) is 4.79 Å². The molecular weight excluding hydrogens is 342 g/mol. The Hall–Kier alpha value is -2.80. The van der Waals surface area contributed by atoms with Gasteiger partial charge in [0.1, 0.15) is 0 Å². The Bertz CT molecular complexity index is 760. The predicted octanol–water partition coefficient (Wildman–Crippen LogP) is 2.55. The fourth-order valence-corrected chi connectivity index (χ4v) is 3.24. The maximum Gasteiger partial charge on any atom is 0.319 e. The lowest BCUT2D eigenvalue weighted by Gasteiger charge is -2.36. The Morgan fingerprint density at radius 1 is 1.15 bits per heavy atom. The van der Waals surface area contributed by atoms with E-state index < -0.39 is 0 Å². The van der Waals surface area contributed by atoms with Gasteiger partial charge in [0, 0.05) is 44.5 Å². The summed E-state index contributed by atoms with van der Waals surface area (Å²) in [4.78, 5) is 21.3. The quantitative estimate of drug-likeness (QED) is 0.819. The minimum Gasteiger partial charge on any atom is -0.481 e. The number of hydrogen-bond donors (Lipinski definition) is 2. The number of piperazine rings is 1. The molecule has 2 aromatic rings. The molecular formula is C20H27N5O2. The van der Waals surface area contributed by atoms with E-state index in [2.05, 4.69) is 38.4 Å². The maximum atomic E-state index is 12.4. The maximum absolute atomic E-state index is 12.4. The van der Waals surface area contributed by atoms with Crippen LogP contribution in [0, 0.1) is 0 Å². The van der Waals surface area contributed by atoms with Crippen LogP contribution in [0.1, 0.15) is 12.5 Å². The van der Waals surface area contributed by atoms with Crippen LogP contribution >= 0.6 is 0 Å². The predicted molar refractivity (Wildman–Crippen MR) is 107 cm³/mol. The van der Waals surface area contributed by atoms with Crippen LogP contribution in [0.4, 0.5) is 16.2 Å². The number of carbonyl (C=O) groups excluding carboxylic acids is 1. The molecule has 0 atom stereocenters. The van der Waals surface area contributed by atoms with Crippen molar-refractivity contribution in [1.82, 2.24) is 15.2 Å². The zero-order valence-corrected chi connectivity index (χ0v) is 15.9. The number of likely N-dealkylation sites (N-methyl/N-ethyl adjacent to an activating group) is 1. The molecule has 0 aliphatic carbocycles. The van der Waals surface area contributed by atoms with Gasteiger partial charge in [0.15, 0.2) is 0 Å². The number of aromatic nitrogens is 1. The number of carbonyl (C=O) groups is 1. The first kappa shape index (κ1) is 19.0. The molecule has 2 N–H and O–H groups in total. The monoisotopic (exact) mass is 369 g/mol. The summed E-state index contributed by atoms with van der Waals surface area (Å²) in [6.45, 7) is 7.61. The molecule has 1 aromatic carbocycles. The first-order chi connectivity index (χ1) is 13.2. The van der Waals surface area contributed by atoms with Crippen molar-refractivity contribution in [2.24, 2.45) is 0 Å². The summed E-state index contributed by atoms with van der Waals surface area (Å²) >= 11 is 0. The van der Waals surface area contributed by atoms with Crippen molar-refractivity contribution in [3.63, 3.8) is 0 Å². The van der Waals surface area contributed by atoms with Crippen LogP contribution in [0.15, 0.2) is 42.6 Å². The van der Waals surface area contributed by atoms with Gasteiger partial charge in [0.05, 0.1) is 18.5 Å². The number of benzene rings is 1. The number of hydrogen-bond acceptors (Lipinski definition) is 5. The van der Waals surface area contributed by atoms with E-state index in [-0.39, 0.29) is 6.03 Å². The van der Waals surface area contributed by atoms with Crippen LogP contribution in [0.2, 0.25) is 0 Å². The number of ether oxygens (including phenoxy) is 1. The van der Waals surface area contributed by atoms with Gasteiger partial charge in [-0.25, -0.2) is 9.78 Å². The van der Waals surface area contributed by atoms with Gasteiger partial charge in [-0.15, -0.1) is 0 Å². The Morgan fingerprint density at radius 3 is 2.67 bits per heavy atom. The zero-order chi connectivity index (χ0) is 19.1. The molecule has 2 heterocycles. The van der Waals surface area contributed by atoms with Crippen molar-refractivity contribution >= 4 is 17.4 Å². The highest BCUT2D eigenvalue weighted by molar-refractivity contribution is 5.93. The van der Waals surface area contributed by atoms with Crippen LogP contribution in [0.3, 0.4) is 0 Å². The third kappa shape index (κ3) is 4.89. The molecule has 0 spiro atoms. The number of nitrogens with zero attached hydrogens (tertiary/aromatic N) is 3. The second-order valence-corrected chi connectivity index (χ2v) is 6.42. The van der Waals surface area contributed by atoms with Crippen LogP contribution in [-0.4, -0.2) is 55.7 Å². The lowest BCUT2D eigenvalue weighted by molar-refractivity contribution is 0.251. The Kier molecular flexibility index (Phi) is 6.49. The molecule has 0 bridgehead atoms. The van der Waals surface area contributed by atoms with Gasteiger partial charge < -0.3 is 25.2 Å². The lowest BCUT2D eigenvalue weighted by Crippen LogP contribution is -2.46. The number of anilines is 2. The minimum atomic E-state index is -0.249. The van der Waals surface area contributed by atoms with E-state index in [1.807, 2.05) is 30.3 Å². The zero-order valence-electron chi connectivity index (χ0n) is 15.9. The highest BCUT2D eigenvalue weighted by Gasteiger charge is 2.18. The molecule has 0 radical (unpaired) electrons. The van der Waals surface area contributed by atoms with E-state index in [1.54, 1.807) is 13.3 Å². The summed E-state index contributed by atoms with van der Waals surface area (Å²) in [6.07, 6.45) is 1.66. The first-order valence-electron chi connectivity index (χ1n) is 9.30. The highest BCUT2D eigenvalue weighted by atomic mass is 16.5. The smallest absolute Gasteiger partial charge is 0.319 e. The van der Waals surface area contributed by atoms with Gasteiger partial charge in [-0.3, -0.25) is 0 Å². The van der Waals surface area contributed by atoms with Crippen molar-refractivity contribution in [2.75, 3.05) is 50.1 Å². The SMILES string of the molecule is CCN1CCN(c2ccccc2NC(=O)NCc2cccnc2OC)CC1. The second-order valence-electron chi connectivity index (χ2n) is 6.42. The Morgan fingerprint density at radius 2 is 1.93 bits per heavy atom. The van der Waals surface area contributed by atoms with Gasteiger partial charge in [0.2, 0.25) is 5.88 Å². The standard InChI is InChI=1S/C20H27N5O2/c1-3-24-11-13-25(14-12-24)18-9-5-4-8-17(18)23-20(26)22-15-16-7-6-10-21-19(16)27-2/h4-10H,3,11-15H2,1-2H3,(H2,22,23,26). The summed E-state index contributed by atoms with van der Waals surface area (Å²) in [5, 5.41) is 5.85. The molecule has 1 saturated heterocycles. The summed E-state index contributed by atoms with van der Waals surface area (Å²) in [5.41, 5.74) is 2.71. The fraction of sp³-hybridized carbons (Fsp3) is 0.400. The van der Waals surface area contributed by atoms with Crippen LogP contribution in [0.25, 0.3) is 0 Å². The molecule has 1 aliphatic heterocycles. The van der Waals surface area contributed by atoms with E-state index in [0.717, 1.165) is 49.7 Å². The fourth-order valence-electron chi connectivity index (χ4n) is 3.24. The summed E-state index contributed by atoms with van der Waals surface area (Å²) < 4.78 is 5.22. The Balaban J connectivity index is 1.61. The number of nitrogens with one attached hydrogen (secondary N) is 2. The number of para-hydroxylation sites is 2. The van der Waals surface area contributed by atoms with E-state index in [4.69, 9.17) is 4.74 Å². The first-order valence-corrected chi connectivity index (χ1v) is 9.30. The third-order valence-electron chi connectivity index (χ3n) is 4.80. The minimum absolute atomic E-state index is 0.249.